The van der Waals surface area contributed by atoms with E-state index in [1.54, 1.807) is 27.7 Å². The zero-order valence-corrected chi connectivity index (χ0v) is 17.0. The Labute approximate surface area is 170 Å². The van der Waals surface area contributed by atoms with Crippen molar-refractivity contribution < 1.29 is 27.1 Å². The predicted octanol–water partition coefficient (Wildman–Crippen LogP) is 5.51. The largest absolute Gasteiger partial charge is 0.444 e. The number of carbonyl (C=O) groups excluding carboxylic acids is 1. The Hall–Kier alpha value is -2.29. The van der Waals surface area contributed by atoms with E-state index in [-0.39, 0.29) is 23.0 Å². The Morgan fingerprint density at radius 2 is 1.93 bits per heavy atom. The van der Waals surface area contributed by atoms with Gasteiger partial charge in [0.15, 0.2) is 6.04 Å². The fraction of sp³-hybridized carbons (Fsp3) is 0.474. The molecule has 2 aromatic rings. The van der Waals surface area contributed by atoms with Crippen LogP contribution in [0.4, 0.5) is 22.4 Å². The van der Waals surface area contributed by atoms with Gasteiger partial charge in [-0.3, -0.25) is 9.58 Å². The van der Waals surface area contributed by atoms with Crippen molar-refractivity contribution in [3.8, 4) is 11.3 Å². The van der Waals surface area contributed by atoms with Gasteiger partial charge in [0.2, 0.25) is 0 Å². The average Bonchev–Trinajstić information content (AvgIpc) is 2.91. The number of amides is 1. The van der Waals surface area contributed by atoms with Crippen molar-refractivity contribution in [2.24, 2.45) is 0 Å². The van der Waals surface area contributed by atoms with Crippen LogP contribution in [0.1, 0.15) is 38.1 Å². The predicted molar refractivity (Wildman–Crippen MR) is 99.1 cm³/mol. The van der Waals surface area contributed by atoms with Gasteiger partial charge in [0.05, 0.1) is 29.5 Å². The van der Waals surface area contributed by atoms with E-state index in [1.807, 2.05) is 0 Å². The van der Waals surface area contributed by atoms with E-state index in [0.29, 0.717) is 11.1 Å². The normalized spacial score (nSPS) is 17.3. The topological polar surface area (TPSA) is 47.4 Å². The number of halogens is 5. The van der Waals surface area contributed by atoms with E-state index in [4.69, 9.17) is 16.3 Å². The smallest absolute Gasteiger partial charge is 0.412 e. The lowest BCUT2D eigenvalue weighted by Crippen LogP contribution is -2.47. The van der Waals surface area contributed by atoms with E-state index in [9.17, 15) is 22.4 Å². The van der Waals surface area contributed by atoms with Crippen LogP contribution in [-0.4, -0.2) is 39.1 Å². The number of benzene rings is 1. The fourth-order valence-electron chi connectivity index (χ4n) is 3.16. The van der Waals surface area contributed by atoms with Crippen LogP contribution in [0.3, 0.4) is 0 Å². The molecule has 5 nitrogen and oxygen atoms in total. The molecule has 2 heterocycles. The molecule has 1 aliphatic rings. The first-order chi connectivity index (χ1) is 13.3. The molecule has 0 aliphatic carbocycles. The van der Waals surface area contributed by atoms with Crippen LogP contribution >= 0.6 is 11.6 Å². The molecule has 1 aliphatic heterocycles. The number of aromatic nitrogens is 2. The third-order valence-corrected chi connectivity index (χ3v) is 4.81. The molecular formula is C19H20ClF4N3O2. The summed E-state index contributed by atoms with van der Waals surface area (Å²) in [6.45, 7) is 5.83. The molecule has 0 saturated heterocycles. The number of hydrogen-bond acceptors (Lipinski definition) is 3. The van der Waals surface area contributed by atoms with Crippen LogP contribution in [-0.2, 0) is 11.3 Å². The molecule has 1 atom stereocenters. The lowest BCUT2D eigenvalue weighted by atomic mass is 10.1. The maximum atomic E-state index is 13.7. The molecule has 1 aromatic heterocycles. The minimum Gasteiger partial charge on any atom is -0.444 e. The van der Waals surface area contributed by atoms with Crippen molar-refractivity contribution in [1.29, 1.82) is 0 Å². The summed E-state index contributed by atoms with van der Waals surface area (Å²) in [5.41, 5.74) is 0.492. The third kappa shape index (κ3) is 4.34. The van der Waals surface area contributed by atoms with E-state index in [0.717, 1.165) is 15.6 Å². The van der Waals surface area contributed by atoms with Crippen molar-refractivity contribution in [2.45, 2.75) is 52.1 Å². The number of carbonyl (C=O) groups is 1. The van der Waals surface area contributed by atoms with Crippen molar-refractivity contribution in [3.05, 3.63) is 40.3 Å². The Morgan fingerprint density at radius 3 is 2.48 bits per heavy atom. The van der Waals surface area contributed by atoms with Crippen molar-refractivity contribution in [2.75, 3.05) is 6.54 Å². The van der Waals surface area contributed by atoms with E-state index < -0.39 is 36.3 Å². The third-order valence-electron chi connectivity index (χ3n) is 4.52. The van der Waals surface area contributed by atoms with Crippen LogP contribution in [0.5, 0.6) is 0 Å². The van der Waals surface area contributed by atoms with Crippen LogP contribution in [0.25, 0.3) is 11.3 Å². The van der Waals surface area contributed by atoms with Crippen LogP contribution in [0.15, 0.2) is 18.2 Å². The van der Waals surface area contributed by atoms with Gasteiger partial charge in [0, 0.05) is 11.1 Å². The van der Waals surface area contributed by atoms with Gasteiger partial charge in [0.1, 0.15) is 11.4 Å². The van der Waals surface area contributed by atoms with Crippen molar-refractivity contribution in [3.63, 3.8) is 0 Å². The van der Waals surface area contributed by atoms with Gasteiger partial charge < -0.3 is 4.74 Å². The summed E-state index contributed by atoms with van der Waals surface area (Å²) in [6.07, 6.45) is -5.46. The van der Waals surface area contributed by atoms with E-state index >= 15 is 0 Å². The summed E-state index contributed by atoms with van der Waals surface area (Å²) < 4.78 is 60.8. The molecule has 0 saturated carbocycles. The van der Waals surface area contributed by atoms with E-state index in [2.05, 4.69) is 5.10 Å². The van der Waals surface area contributed by atoms with Gasteiger partial charge in [-0.1, -0.05) is 11.6 Å². The number of ether oxygens (including phenoxy) is 1. The number of rotatable bonds is 1. The summed E-state index contributed by atoms with van der Waals surface area (Å²) in [5, 5.41) is 3.99. The highest BCUT2D eigenvalue weighted by atomic mass is 35.5. The second-order valence-corrected chi connectivity index (χ2v) is 8.32. The summed E-state index contributed by atoms with van der Waals surface area (Å²) in [6, 6.07) is 1.81. The summed E-state index contributed by atoms with van der Waals surface area (Å²) in [4.78, 5) is 13.4. The highest BCUT2D eigenvalue weighted by Gasteiger charge is 2.48. The van der Waals surface area contributed by atoms with Gasteiger partial charge in [0.25, 0.3) is 0 Å². The molecule has 1 unspecified atom stereocenters. The first-order valence-corrected chi connectivity index (χ1v) is 9.24. The second kappa shape index (κ2) is 7.19. The summed E-state index contributed by atoms with van der Waals surface area (Å²) >= 11 is 5.81. The molecule has 3 rings (SSSR count). The number of fused-ring (bicyclic) bond motifs is 1. The molecule has 0 fully saturated rings. The molecule has 0 radical (unpaired) electrons. The molecule has 1 aromatic carbocycles. The van der Waals surface area contributed by atoms with Gasteiger partial charge in [-0.05, 0) is 45.9 Å². The zero-order valence-electron chi connectivity index (χ0n) is 16.3. The molecule has 10 heteroatoms. The minimum absolute atomic E-state index is 0.0880. The Bertz CT molecular complexity index is 950. The first-order valence-electron chi connectivity index (χ1n) is 8.86. The number of nitrogens with zero attached hydrogens (tertiary/aromatic N) is 3. The average molecular weight is 434 g/mol. The Balaban J connectivity index is 2.06. The molecule has 29 heavy (non-hydrogen) atoms. The highest BCUT2D eigenvalue weighted by molar-refractivity contribution is 6.31. The Kier molecular flexibility index (Phi) is 5.31. The lowest BCUT2D eigenvalue weighted by molar-refractivity contribution is -0.178. The van der Waals surface area contributed by atoms with Crippen molar-refractivity contribution >= 4 is 17.7 Å². The quantitative estimate of drug-likeness (QED) is 0.557. The maximum absolute atomic E-state index is 13.7. The summed E-state index contributed by atoms with van der Waals surface area (Å²) in [5.74, 6) is -0.638. The SMILES string of the molecule is Cc1c(-c2ccc(F)c(Cl)c2)nn2c1CN(C(=O)OC(C)(C)C)CC2C(F)(F)F. The zero-order chi connectivity index (χ0) is 21.7. The monoisotopic (exact) mass is 433 g/mol. The van der Waals surface area contributed by atoms with Gasteiger partial charge in [-0.2, -0.15) is 18.3 Å². The standard InChI is InChI=1S/C19H20ClF4N3O2/c1-10-14-8-26(17(28)29-18(2,3)4)9-15(19(22,23)24)27(14)25-16(10)11-5-6-13(21)12(20)7-11/h5-7,15H,8-9H2,1-4H3. The molecule has 158 valence electrons. The van der Waals surface area contributed by atoms with Crippen LogP contribution < -0.4 is 0 Å². The highest BCUT2D eigenvalue weighted by Crippen LogP contribution is 2.39. The van der Waals surface area contributed by atoms with Gasteiger partial charge in [-0.15, -0.1) is 0 Å². The molecule has 0 bridgehead atoms. The Morgan fingerprint density at radius 1 is 1.28 bits per heavy atom. The number of hydrogen-bond donors (Lipinski definition) is 0. The molecule has 0 N–H and O–H groups in total. The summed E-state index contributed by atoms with van der Waals surface area (Å²) in [7, 11) is 0. The molecule has 1 amide bonds. The van der Waals surface area contributed by atoms with E-state index in [1.165, 1.54) is 12.1 Å². The van der Waals surface area contributed by atoms with Gasteiger partial charge in [-0.25, -0.2) is 9.18 Å². The minimum atomic E-state index is -4.63. The maximum Gasteiger partial charge on any atom is 0.412 e. The lowest BCUT2D eigenvalue weighted by Gasteiger charge is -2.35. The van der Waals surface area contributed by atoms with Crippen LogP contribution in [0.2, 0.25) is 5.02 Å². The number of alkyl halides is 3. The van der Waals surface area contributed by atoms with Crippen molar-refractivity contribution in [1.82, 2.24) is 14.7 Å². The fourth-order valence-corrected chi connectivity index (χ4v) is 3.34. The van der Waals surface area contributed by atoms with Gasteiger partial charge >= 0.3 is 12.3 Å². The van der Waals surface area contributed by atoms with Crippen LogP contribution in [0, 0.1) is 12.7 Å². The second-order valence-electron chi connectivity index (χ2n) is 7.91. The molecular weight excluding hydrogens is 414 g/mol. The first kappa shape index (κ1) is 21.4. The molecule has 0 spiro atoms.